The van der Waals surface area contributed by atoms with Gasteiger partial charge in [-0.2, -0.15) is 20.1 Å². The third kappa shape index (κ3) is 2.74. The number of hydrogen-bond acceptors (Lipinski definition) is 4. The summed E-state index contributed by atoms with van der Waals surface area (Å²) >= 11 is 0. The topological polar surface area (TPSA) is 92.3 Å². The van der Waals surface area contributed by atoms with Gasteiger partial charge in [-0.25, -0.2) is 0 Å². The fourth-order valence-corrected chi connectivity index (χ4v) is 2.42. The first-order chi connectivity index (χ1) is 11.2. The predicted molar refractivity (Wildman–Crippen MR) is 80.7 cm³/mol. The molecule has 23 heavy (non-hydrogen) atoms. The molecule has 0 fully saturated rings. The molecule has 110 valence electrons. The highest BCUT2D eigenvalue weighted by Gasteiger charge is 2.20. The number of nitriles is 2. The number of aromatic nitrogens is 3. The van der Waals surface area contributed by atoms with Crippen LogP contribution in [0.4, 0.5) is 0 Å². The molecule has 0 aliphatic rings. The Kier molecular flexibility index (Phi) is 3.73. The number of nitrogens with zero attached hydrogens (tertiary/aromatic N) is 5. The molecule has 1 heterocycles. The van der Waals surface area contributed by atoms with E-state index in [2.05, 4.69) is 17.1 Å². The van der Waals surface area contributed by atoms with Crippen LogP contribution in [0, 0.1) is 27.9 Å². The largest absolute Gasteiger partial charge is 0.692 e. The highest BCUT2D eigenvalue weighted by molar-refractivity contribution is 5.39. The minimum atomic E-state index is -0.393. The van der Waals surface area contributed by atoms with Crippen molar-refractivity contribution < 1.29 is 4.85 Å². The van der Waals surface area contributed by atoms with Crippen molar-refractivity contribution in [2.45, 2.75) is 6.04 Å². The van der Waals surface area contributed by atoms with Crippen LogP contribution >= 0.6 is 0 Å². The minimum Gasteiger partial charge on any atom is -0.692 e. The van der Waals surface area contributed by atoms with E-state index in [0.29, 0.717) is 16.0 Å². The Labute approximate surface area is 132 Å². The van der Waals surface area contributed by atoms with E-state index >= 15 is 0 Å². The van der Waals surface area contributed by atoms with Crippen molar-refractivity contribution in [1.82, 2.24) is 9.67 Å². The fourth-order valence-electron chi connectivity index (χ4n) is 2.42. The van der Waals surface area contributed by atoms with Crippen molar-refractivity contribution in [1.29, 1.82) is 10.5 Å². The van der Waals surface area contributed by atoms with E-state index in [1.807, 2.05) is 0 Å². The van der Waals surface area contributed by atoms with Crippen LogP contribution in [0.25, 0.3) is 0 Å². The summed E-state index contributed by atoms with van der Waals surface area (Å²) in [6.45, 7) is 0. The molecule has 0 unspecified atom stereocenters. The van der Waals surface area contributed by atoms with Gasteiger partial charge in [0.25, 0.3) is 0 Å². The average Bonchev–Trinajstić information content (AvgIpc) is 3.02. The Morgan fingerprint density at radius 2 is 1.39 bits per heavy atom. The third-order valence-corrected chi connectivity index (χ3v) is 3.55. The van der Waals surface area contributed by atoms with E-state index in [1.165, 1.54) is 17.3 Å². The molecule has 0 aliphatic heterocycles. The Hall–Kier alpha value is -3.64. The summed E-state index contributed by atoms with van der Waals surface area (Å²) in [4.78, 5) is 4.52. The normalized spacial score (nSPS) is 10.2. The van der Waals surface area contributed by atoms with Gasteiger partial charge in [0.1, 0.15) is 6.04 Å². The van der Waals surface area contributed by atoms with Gasteiger partial charge < -0.3 is 5.21 Å². The smallest absolute Gasteiger partial charge is 0.310 e. The average molecular weight is 301 g/mol. The second-order valence-electron chi connectivity index (χ2n) is 4.93. The lowest BCUT2D eigenvalue weighted by Crippen LogP contribution is -2.39. The number of benzene rings is 2. The first-order valence-electron chi connectivity index (χ1n) is 6.84. The maximum Gasteiger partial charge on any atom is 0.310 e. The zero-order valence-electron chi connectivity index (χ0n) is 12.0. The summed E-state index contributed by atoms with van der Waals surface area (Å²) in [5.74, 6) is 0. The van der Waals surface area contributed by atoms with E-state index in [-0.39, 0.29) is 0 Å². The van der Waals surface area contributed by atoms with Crippen molar-refractivity contribution in [2.24, 2.45) is 0 Å². The number of rotatable bonds is 3. The molecule has 3 aromatic rings. The summed E-state index contributed by atoms with van der Waals surface area (Å²) in [6.07, 6.45) is 2.63. The molecule has 0 aliphatic carbocycles. The minimum absolute atomic E-state index is 0.393. The molecule has 0 amide bonds. The van der Waals surface area contributed by atoms with Gasteiger partial charge in [-0.3, -0.25) is 0 Å². The van der Waals surface area contributed by atoms with Crippen LogP contribution in [0.15, 0.2) is 61.2 Å². The van der Waals surface area contributed by atoms with E-state index < -0.39 is 6.04 Å². The van der Waals surface area contributed by atoms with Crippen LogP contribution in [0.5, 0.6) is 0 Å². The van der Waals surface area contributed by atoms with Gasteiger partial charge in [0.05, 0.1) is 23.3 Å². The van der Waals surface area contributed by atoms with Crippen LogP contribution in [0.1, 0.15) is 28.3 Å². The Bertz CT molecular complexity index is 840. The van der Waals surface area contributed by atoms with Gasteiger partial charge in [0.15, 0.2) is 0 Å². The van der Waals surface area contributed by atoms with Crippen molar-refractivity contribution in [2.75, 3.05) is 0 Å². The molecule has 1 aromatic heterocycles. The van der Waals surface area contributed by atoms with Crippen LogP contribution in [-0.4, -0.2) is 9.67 Å². The lowest BCUT2D eigenvalue weighted by atomic mass is 9.97. The molecular weight excluding hydrogens is 290 g/mol. The third-order valence-electron chi connectivity index (χ3n) is 3.55. The molecule has 0 saturated carbocycles. The quantitative estimate of drug-likeness (QED) is 0.545. The predicted octanol–water partition coefficient (Wildman–Crippen LogP) is 1.90. The molecule has 0 bridgehead atoms. The summed E-state index contributed by atoms with van der Waals surface area (Å²) in [5, 5.41) is 29.8. The maximum atomic E-state index is 12.0. The molecule has 2 aromatic carbocycles. The highest BCUT2D eigenvalue weighted by Crippen LogP contribution is 2.25. The zero-order chi connectivity index (χ0) is 16.2. The molecule has 3 rings (SSSR count). The zero-order valence-corrected chi connectivity index (χ0v) is 12.0. The first kappa shape index (κ1) is 14.3. The number of hydrogen-bond donors (Lipinski definition) is 0. The molecule has 0 saturated heterocycles. The standard InChI is InChI=1S/C17H11N5O/c18-9-13-1-5-15(6-2-13)17(21-11-20-12-22(21)23)16-7-3-14(10-19)4-8-16/h1-8,11-12,17H. The van der Waals surface area contributed by atoms with Crippen LogP contribution in [0.2, 0.25) is 0 Å². The molecule has 0 radical (unpaired) electrons. The second-order valence-corrected chi connectivity index (χ2v) is 4.93. The Balaban J connectivity index is 2.11. The van der Waals surface area contributed by atoms with Gasteiger partial charge >= 0.3 is 6.33 Å². The molecule has 6 nitrogen and oxygen atoms in total. The van der Waals surface area contributed by atoms with Crippen molar-refractivity contribution in [3.05, 3.63) is 88.6 Å². The molecule has 0 spiro atoms. The van der Waals surface area contributed by atoms with Crippen LogP contribution < -0.4 is 4.85 Å². The lowest BCUT2D eigenvalue weighted by molar-refractivity contribution is -0.696. The summed E-state index contributed by atoms with van der Waals surface area (Å²) in [7, 11) is 0. The molecular formula is C17H11N5O. The molecule has 0 atom stereocenters. The SMILES string of the molecule is N#Cc1ccc(C(c2ccc(C#N)cc2)n2cnc[n+]2[O-])cc1. The Morgan fingerprint density at radius 1 is 0.913 bits per heavy atom. The van der Waals surface area contributed by atoms with E-state index in [4.69, 9.17) is 10.5 Å². The second kappa shape index (κ2) is 6.00. The van der Waals surface area contributed by atoms with Crippen molar-refractivity contribution in [3.8, 4) is 12.1 Å². The molecule has 0 N–H and O–H groups in total. The molecule has 6 heteroatoms. The fraction of sp³-hybridized carbons (Fsp3) is 0.0588. The lowest BCUT2D eigenvalue weighted by Gasteiger charge is -2.19. The Morgan fingerprint density at radius 3 is 1.74 bits per heavy atom. The monoisotopic (exact) mass is 301 g/mol. The van der Waals surface area contributed by atoms with Crippen molar-refractivity contribution >= 4 is 0 Å². The highest BCUT2D eigenvalue weighted by atomic mass is 16.5. The van der Waals surface area contributed by atoms with Gasteiger partial charge in [-0.05, 0) is 40.4 Å². The van der Waals surface area contributed by atoms with Gasteiger partial charge in [-0.1, -0.05) is 24.3 Å². The summed E-state index contributed by atoms with van der Waals surface area (Å²) < 4.78 is 1.45. The van der Waals surface area contributed by atoms with E-state index in [0.717, 1.165) is 11.1 Å². The van der Waals surface area contributed by atoms with Crippen molar-refractivity contribution in [3.63, 3.8) is 0 Å². The van der Waals surface area contributed by atoms with E-state index in [9.17, 15) is 5.21 Å². The van der Waals surface area contributed by atoms with Crippen LogP contribution in [0.3, 0.4) is 0 Å². The first-order valence-corrected chi connectivity index (χ1v) is 6.84. The van der Waals surface area contributed by atoms with Crippen LogP contribution in [-0.2, 0) is 0 Å². The van der Waals surface area contributed by atoms with Gasteiger partial charge in [-0.15, -0.1) is 0 Å². The van der Waals surface area contributed by atoms with Gasteiger partial charge in [0.2, 0.25) is 6.33 Å². The van der Waals surface area contributed by atoms with Gasteiger partial charge in [0, 0.05) is 0 Å². The summed E-state index contributed by atoms with van der Waals surface area (Å²) in [6, 6.07) is 17.8. The maximum absolute atomic E-state index is 12.0. The van der Waals surface area contributed by atoms with E-state index in [1.54, 1.807) is 48.5 Å². The summed E-state index contributed by atoms with van der Waals surface area (Å²) in [5.41, 5.74) is 2.79.